The fraction of sp³-hybridized carbons (Fsp3) is 0.500. The summed E-state index contributed by atoms with van der Waals surface area (Å²) in [5, 5.41) is 0. The van der Waals surface area contributed by atoms with E-state index >= 15 is 0 Å². The molecule has 0 spiro atoms. The highest BCUT2D eigenvalue weighted by Gasteiger charge is 2.48. The third kappa shape index (κ3) is 2.21. The first-order valence-electron chi connectivity index (χ1n) is 7.36. The van der Waals surface area contributed by atoms with Gasteiger partial charge < -0.3 is 15.4 Å². The van der Waals surface area contributed by atoms with Crippen LogP contribution < -0.4 is 5.73 Å². The van der Waals surface area contributed by atoms with E-state index in [0.717, 1.165) is 16.7 Å². The first-order chi connectivity index (χ1) is 10.0. The number of nitrogens with two attached hydrogens (primary N) is 1. The zero-order chi connectivity index (χ0) is 15.1. The molecule has 0 aliphatic carbocycles. The highest BCUT2D eigenvalue weighted by molar-refractivity contribution is 5.90. The van der Waals surface area contributed by atoms with E-state index < -0.39 is 12.1 Å². The van der Waals surface area contributed by atoms with E-state index in [-0.39, 0.29) is 17.9 Å². The van der Waals surface area contributed by atoms with Gasteiger partial charge in [-0.15, -0.1) is 0 Å². The van der Waals surface area contributed by atoms with Crippen LogP contribution in [0.15, 0.2) is 18.2 Å². The summed E-state index contributed by atoms with van der Waals surface area (Å²) in [6.07, 6.45) is 1.06. The molecule has 2 heterocycles. The summed E-state index contributed by atoms with van der Waals surface area (Å²) in [4.78, 5) is 26.2. The molecule has 1 fully saturated rings. The number of carbonyl (C=O) groups excluding carboxylic acids is 2. The van der Waals surface area contributed by atoms with Gasteiger partial charge in [-0.25, -0.2) is 4.79 Å². The summed E-state index contributed by atoms with van der Waals surface area (Å²) in [6, 6.07) is 4.99. The van der Waals surface area contributed by atoms with Crippen molar-refractivity contribution in [2.75, 3.05) is 6.61 Å². The minimum atomic E-state index is -0.550. The number of fused-ring (bicyclic) bond motifs is 3. The molecule has 3 atom stereocenters. The van der Waals surface area contributed by atoms with Crippen molar-refractivity contribution in [3.63, 3.8) is 0 Å². The van der Waals surface area contributed by atoms with Gasteiger partial charge in [-0.3, -0.25) is 4.79 Å². The average Bonchev–Trinajstić information content (AvgIpc) is 2.75. The van der Waals surface area contributed by atoms with E-state index in [9.17, 15) is 9.59 Å². The number of benzene rings is 1. The van der Waals surface area contributed by atoms with Gasteiger partial charge in [0.05, 0.1) is 18.7 Å². The number of amides is 1. The third-order valence-electron chi connectivity index (χ3n) is 4.35. The molecule has 0 saturated carbocycles. The minimum absolute atomic E-state index is 0.106. The van der Waals surface area contributed by atoms with Gasteiger partial charge in [-0.2, -0.15) is 0 Å². The Kier molecular flexibility index (Phi) is 3.45. The summed E-state index contributed by atoms with van der Waals surface area (Å²) in [5.74, 6) is -0.485. The predicted octanol–water partition coefficient (Wildman–Crippen LogP) is 1.08. The zero-order valence-electron chi connectivity index (χ0n) is 12.3. The molecule has 5 heteroatoms. The van der Waals surface area contributed by atoms with Crippen molar-refractivity contribution in [2.45, 2.75) is 44.8 Å². The minimum Gasteiger partial charge on any atom is -0.464 e. The molecule has 3 rings (SSSR count). The van der Waals surface area contributed by atoms with Crippen LogP contribution in [0.3, 0.4) is 0 Å². The summed E-state index contributed by atoms with van der Waals surface area (Å²) >= 11 is 0. The van der Waals surface area contributed by atoms with E-state index in [0.29, 0.717) is 19.4 Å². The van der Waals surface area contributed by atoms with E-state index in [4.69, 9.17) is 10.5 Å². The standard InChI is InChI=1S/C16H20N2O3/c1-3-21-16(20)14-7-10-5-4-9(2)6-11(10)13-8-12(17)15(19)18(13)14/h4-6,12-14H,3,7-8,17H2,1-2H3/t12-,13+,14-/m0/s1. The lowest BCUT2D eigenvalue weighted by molar-refractivity contribution is -0.155. The van der Waals surface area contributed by atoms with E-state index in [1.54, 1.807) is 11.8 Å². The number of hydrogen-bond acceptors (Lipinski definition) is 4. The Bertz CT molecular complexity index is 599. The largest absolute Gasteiger partial charge is 0.464 e. The van der Waals surface area contributed by atoms with E-state index in [1.807, 2.05) is 19.1 Å². The molecule has 21 heavy (non-hydrogen) atoms. The molecule has 0 radical (unpaired) electrons. The van der Waals surface area contributed by atoms with Gasteiger partial charge in [0.1, 0.15) is 6.04 Å². The molecule has 1 amide bonds. The predicted molar refractivity (Wildman–Crippen MR) is 77.5 cm³/mol. The lowest BCUT2D eigenvalue weighted by Gasteiger charge is -2.37. The number of rotatable bonds is 2. The van der Waals surface area contributed by atoms with Crippen LogP contribution in [0.4, 0.5) is 0 Å². The second kappa shape index (κ2) is 5.15. The second-order valence-electron chi connectivity index (χ2n) is 5.78. The first kappa shape index (κ1) is 14.1. The van der Waals surface area contributed by atoms with Gasteiger partial charge in [0.15, 0.2) is 0 Å². The lowest BCUT2D eigenvalue weighted by Crippen LogP contribution is -2.50. The third-order valence-corrected chi connectivity index (χ3v) is 4.35. The molecule has 112 valence electrons. The van der Waals surface area contributed by atoms with Crippen molar-refractivity contribution in [3.8, 4) is 0 Å². The topological polar surface area (TPSA) is 72.6 Å². The highest BCUT2D eigenvalue weighted by atomic mass is 16.5. The number of hydrogen-bond donors (Lipinski definition) is 1. The summed E-state index contributed by atoms with van der Waals surface area (Å²) < 4.78 is 5.14. The first-order valence-corrected chi connectivity index (χ1v) is 7.36. The lowest BCUT2D eigenvalue weighted by atomic mass is 9.87. The molecule has 0 aromatic heterocycles. The number of nitrogens with zero attached hydrogens (tertiary/aromatic N) is 1. The molecule has 0 bridgehead atoms. The maximum Gasteiger partial charge on any atom is 0.329 e. The average molecular weight is 288 g/mol. The summed E-state index contributed by atoms with van der Waals surface area (Å²) in [5.41, 5.74) is 9.31. The molecule has 1 aromatic carbocycles. The molecule has 2 N–H and O–H groups in total. The van der Waals surface area contributed by atoms with Crippen molar-refractivity contribution in [3.05, 3.63) is 34.9 Å². The molecular formula is C16H20N2O3. The number of esters is 1. The fourth-order valence-corrected chi connectivity index (χ4v) is 3.40. The van der Waals surface area contributed by atoms with Gasteiger partial charge >= 0.3 is 5.97 Å². The van der Waals surface area contributed by atoms with Gasteiger partial charge in [-0.05, 0) is 31.4 Å². The Morgan fingerprint density at radius 3 is 2.95 bits per heavy atom. The van der Waals surface area contributed by atoms with Crippen LogP contribution in [0.2, 0.25) is 0 Å². The van der Waals surface area contributed by atoms with Gasteiger partial charge in [0, 0.05) is 6.42 Å². The Labute approximate surface area is 124 Å². The zero-order valence-corrected chi connectivity index (χ0v) is 12.3. The second-order valence-corrected chi connectivity index (χ2v) is 5.78. The van der Waals surface area contributed by atoms with Crippen molar-refractivity contribution in [1.29, 1.82) is 0 Å². The quantitative estimate of drug-likeness (QED) is 0.827. The van der Waals surface area contributed by atoms with Gasteiger partial charge in [0.25, 0.3) is 0 Å². The van der Waals surface area contributed by atoms with E-state index in [1.165, 1.54) is 0 Å². The Balaban J connectivity index is 2.04. The van der Waals surface area contributed by atoms with Crippen molar-refractivity contribution >= 4 is 11.9 Å². The Hall–Kier alpha value is -1.88. The van der Waals surface area contributed by atoms with Crippen molar-refractivity contribution < 1.29 is 14.3 Å². The van der Waals surface area contributed by atoms with Crippen molar-refractivity contribution in [1.82, 2.24) is 4.90 Å². The normalized spacial score (nSPS) is 27.3. The maximum atomic E-state index is 12.3. The molecule has 1 aromatic rings. The molecular weight excluding hydrogens is 268 g/mol. The highest BCUT2D eigenvalue weighted by Crippen LogP contribution is 2.41. The van der Waals surface area contributed by atoms with Crippen LogP contribution in [0, 0.1) is 6.92 Å². The van der Waals surface area contributed by atoms with Crippen LogP contribution in [0.1, 0.15) is 36.1 Å². The van der Waals surface area contributed by atoms with Crippen LogP contribution >= 0.6 is 0 Å². The molecule has 2 aliphatic rings. The summed E-state index contributed by atoms with van der Waals surface area (Å²) in [6.45, 7) is 4.11. The number of carbonyl (C=O) groups is 2. The summed E-state index contributed by atoms with van der Waals surface area (Å²) in [7, 11) is 0. The number of ether oxygens (including phenoxy) is 1. The molecule has 1 saturated heterocycles. The molecule has 0 unspecified atom stereocenters. The Morgan fingerprint density at radius 2 is 2.24 bits per heavy atom. The van der Waals surface area contributed by atoms with E-state index in [2.05, 4.69) is 6.07 Å². The monoisotopic (exact) mass is 288 g/mol. The molecule has 2 aliphatic heterocycles. The van der Waals surface area contributed by atoms with Crippen LogP contribution in [-0.2, 0) is 20.7 Å². The number of aryl methyl sites for hydroxylation is 1. The maximum absolute atomic E-state index is 12.3. The van der Waals surface area contributed by atoms with Crippen LogP contribution in [-0.4, -0.2) is 35.5 Å². The SMILES string of the molecule is CCOC(=O)[C@@H]1Cc2ccc(C)cc2[C@H]2C[C@H](N)C(=O)N21. The molecule has 5 nitrogen and oxygen atoms in total. The van der Waals surface area contributed by atoms with Crippen LogP contribution in [0.5, 0.6) is 0 Å². The smallest absolute Gasteiger partial charge is 0.329 e. The van der Waals surface area contributed by atoms with Crippen LogP contribution in [0.25, 0.3) is 0 Å². The Morgan fingerprint density at radius 1 is 1.48 bits per heavy atom. The fourth-order valence-electron chi connectivity index (χ4n) is 3.40. The van der Waals surface area contributed by atoms with Gasteiger partial charge in [0.2, 0.25) is 5.91 Å². The van der Waals surface area contributed by atoms with Crippen molar-refractivity contribution in [2.24, 2.45) is 5.73 Å². The van der Waals surface area contributed by atoms with Gasteiger partial charge in [-0.1, -0.05) is 23.8 Å².